The molecule has 0 heterocycles. The normalized spacial score (nSPS) is 41.0. The molecule has 2 aliphatic carbocycles. The van der Waals surface area contributed by atoms with E-state index < -0.39 is 5.97 Å². The number of fused-ring (bicyclic) bond motifs is 1. The van der Waals surface area contributed by atoms with Gasteiger partial charge in [-0.25, -0.2) is 0 Å². The topological polar surface area (TPSA) is 63.6 Å². The summed E-state index contributed by atoms with van der Waals surface area (Å²) in [5, 5.41) is 8.72. The smallest absolute Gasteiger partial charge is 0.308 e. The zero-order valence-electron chi connectivity index (χ0n) is 7.40. The van der Waals surface area contributed by atoms with Crippen molar-refractivity contribution in [2.24, 2.45) is 23.7 Å². The molecule has 0 aromatic carbocycles. The van der Waals surface area contributed by atoms with Gasteiger partial charge >= 0.3 is 11.9 Å². The molecule has 0 aliphatic heterocycles. The summed E-state index contributed by atoms with van der Waals surface area (Å²) in [6.07, 6.45) is 1.41. The van der Waals surface area contributed by atoms with Crippen molar-refractivity contribution < 1.29 is 19.4 Å². The van der Waals surface area contributed by atoms with Gasteiger partial charge in [0, 0.05) is 0 Å². The number of methoxy groups -OCH3 is 1. The minimum Gasteiger partial charge on any atom is -0.481 e. The van der Waals surface area contributed by atoms with Crippen molar-refractivity contribution in [2.45, 2.75) is 12.8 Å². The van der Waals surface area contributed by atoms with Gasteiger partial charge < -0.3 is 9.84 Å². The third-order valence-corrected chi connectivity index (χ3v) is 3.26. The number of esters is 1. The van der Waals surface area contributed by atoms with Crippen LogP contribution in [0.2, 0.25) is 0 Å². The summed E-state index contributed by atoms with van der Waals surface area (Å²) in [5.74, 6) is -0.644. The van der Waals surface area contributed by atoms with Crippen LogP contribution in [0, 0.1) is 23.7 Å². The Kier molecular flexibility index (Phi) is 1.78. The third-order valence-electron chi connectivity index (χ3n) is 3.26. The van der Waals surface area contributed by atoms with Crippen molar-refractivity contribution in [3.63, 3.8) is 0 Å². The molecule has 2 rings (SSSR count). The van der Waals surface area contributed by atoms with E-state index in [1.165, 1.54) is 7.11 Å². The van der Waals surface area contributed by atoms with Crippen LogP contribution in [-0.2, 0) is 14.3 Å². The highest BCUT2D eigenvalue weighted by molar-refractivity contribution is 5.77. The SMILES string of the molecule is COC(=O)C1CC2C(C1)C2C(=O)O. The van der Waals surface area contributed by atoms with Gasteiger partial charge in [0.15, 0.2) is 0 Å². The zero-order valence-corrected chi connectivity index (χ0v) is 7.40. The van der Waals surface area contributed by atoms with Crippen LogP contribution in [-0.4, -0.2) is 24.2 Å². The van der Waals surface area contributed by atoms with E-state index in [0.717, 1.165) is 0 Å². The molecule has 1 N–H and O–H groups in total. The quantitative estimate of drug-likeness (QED) is 0.635. The van der Waals surface area contributed by atoms with Gasteiger partial charge in [-0.1, -0.05) is 0 Å². The van der Waals surface area contributed by atoms with Crippen LogP contribution in [0.25, 0.3) is 0 Å². The first-order chi connectivity index (χ1) is 6.15. The molecule has 2 fully saturated rings. The molecule has 2 aliphatic rings. The van der Waals surface area contributed by atoms with E-state index in [0.29, 0.717) is 12.8 Å². The second-order valence-corrected chi connectivity index (χ2v) is 3.88. The number of hydrogen-bond donors (Lipinski definition) is 1. The summed E-state index contributed by atoms with van der Waals surface area (Å²) in [6.45, 7) is 0. The largest absolute Gasteiger partial charge is 0.481 e. The second-order valence-electron chi connectivity index (χ2n) is 3.88. The number of hydrogen-bond acceptors (Lipinski definition) is 3. The molecule has 0 spiro atoms. The van der Waals surface area contributed by atoms with Gasteiger partial charge in [0.2, 0.25) is 0 Å². The Morgan fingerprint density at radius 3 is 2.23 bits per heavy atom. The fraction of sp³-hybridized carbons (Fsp3) is 0.778. The lowest BCUT2D eigenvalue weighted by atomic mass is 10.0. The lowest BCUT2D eigenvalue weighted by Gasteiger charge is -2.09. The molecule has 2 saturated carbocycles. The third kappa shape index (κ3) is 1.20. The average Bonchev–Trinajstić information content (AvgIpc) is 2.62. The predicted molar refractivity (Wildman–Crippen MR) is 42.8 cm³/mol. The van der Waals surface area contributed by atoms with Crippen molar-refractivity contribution in [2.75, 3.05) is 7.11 Å². The van der Waals surface area contributed by atoms with Crippen LogP contribution in [0.1, 0.15) is 12.8 Å². The molecular weight excluding hydrogens is 172 g/mol. The maximum atomic E-state index is 11.1. The van der Waals surface area contributed by atoms with Crippen molar-refractivity contribution in [3.05, 3.63) is 0 Å². The summed E-state index contributed by atoms with van der Waals surface area (Å²) in [4.78, 5) is 21.7. The predicted octanol–water partition coefficient (Wildman–Crippen LogP) is 0.516. The van der Waals surface area contributed by atoms with Crippen LogP contribution >= 0.6 is 0 Å². The molecule has 72 valence electrons. The molecule has 2 unspecified atom stereocenters. The van der Waals surface area contributed by atoms with Crippen LogP contribution in [0.15, 0.2) is 0 Å². The van der Waals surface area contributed by atoms with Gasteiger partial charge in [-0.05, 0) is 24.7 Å². The van der Waals surface area contributed by atoms with E-state index in [1.807, 2.05) is 0 Å². The Hall–Kier alpha value is -1.06. The molecular formula is C9H12O4. The molecule has 4 heteroatoms. The molecule has 0 radical (unpaired) electrons. The molecule has 2 atom stereocenters. The Labute approximate surface area is 75.9 Å². The highest BCUT2D eigenvalue weighted by atomic mass is 16.5. The van der Waals surface area contributed by atoms with Gasteiger partial charge in [0.25, 0.3) is 0 Å². The van der Waals surface area contributed by atoms with Crippen LogP contribution in [0.5, 0.6) is 0 Å². The van der Waals surface area contributed by atoms with E-state index in [1.54, 1.807) is 0 Å². The number of carbonyl (C=O) groups excluding carboxylic acids is 1. The maximum absolute atomic E-state index is 11.1. The van der Waals surface area contributed by atoms with E-state index in [4.69, 9.17) is 5.11 Å². The van der Waals surface area contributed by atoms with Gasteiger partial charge in [-0.2, -0.15) is 0 Å². The van der Waals surface area contributed by atoms with E-state index in [-0.39, 0.29) is 29.6 Å². The number of aliphatic carboxylic acids is 1. The number of carbonyl (C=O) groups is 2. The molecule has 13 heavy (non-hydrogen) atoms. The number of carboxylic acid groups (broad SMARTS) is 1. The Morgan fingerprint density at radius 1 is 1.31 bits per heavy atom. The van der Waals surface area contributed by atoms with E-state index >= 15 is 0 Å². The van der Waals surface area contributed by atoms with Crippen molar-refractivity contribution >= 4 is 11.9 Å². The van der Waals surface area contributed by atoms with E-state index in [2.05, 4.69) is 4.74 Å². The van der Waals surface area contributed by atoms with Crippen LogP contribution in [0.4, 0.5) is 0 Å². The number of carboxylic acids is 1. The first-order valence-electron chi connectivity index (χ1n) is 4.45. The highest BCUT2D eigenvalue weighted by Gasteiger charge is 2.61. The standard InChI is InChI=1S/C9H12O4/c1-13-9(12)4-2-5-6(3-4)7(5)8(10)11/h4-7H,2-3H2,1H3,(H,10,11). The van der Waals surface area contributed by atoms with Crippen molar-refractivity contribution in [1.29, 1.82) is 0 Å². The number of rotatable bonds is 2. The Bertz CT molecular complexity index is 248. The van der Waals surface area contributed by atoms with E-state index in [9.17, 15) is 9.59 Å². The summed E-state index contributed by atoms with van der Waals surface area (Å²) < 4.78 is 4.61. The molecule has 0 bridgehead atoms. The fourth-order valence-electron chi connectivity index (χ4n) is 2.57. The van der Waals surface area contributed by atoms with Crippen LogP contribution < -0.4 is 0 Å². The van der Waals surface area contributed by atoms with Crippen LogP contribution in [0.3, 0.4) is 0 Å². The minimum absolute atomic E-state index is 0.0457. The minimum atomic E-state index is -0.710. The maximum Gasteiger partial charge on any atom is 0.308 e. The lowest BCUT2D eigenvalue weighted by molar-refractivity contribution is -0.147. The lowest BCUT2D eigenvalue weighted by Crippen LogP contribution is -2.17. The monoisotopic (exact) mass is 184 g/mol. The first kappa shape index (κ1) is 8.53. The van der Waals surface area contributed by atoms with Gasteiger partial charge in [-0.15, -0.1) is 0 Å². The number of ether oxygens (including phenoxy) is 1. The molecule has 0 saturated heterocycles. The van der Waals surface area contributed by atoms with Gasteiger partial charge in [-0.3, -0.25) is 9.59 Å². The zero-order chi connectivity index (χ0) is 9.59. The Balaban J connectivity index is 1.90. The molecule has 0 aromatic heterocycles. The van der Waals surface area contributed by atoms with Crippen molar-refractivity contribution in [1.82, 2.24) is 0 Å². The molecule has 0 amide bonds. The summed E-state index contributed by atoms with van der Waals surface area (Å²) in [7, 11) is 1.38. The van der Waals surface area contributed by atoms with Gasteiger partial charge in [0.05, 0.1) is 18.9 Å². The van der Waals surface area contributed by atoms with Crippen molar-refractivity contribution in [3.8, 4) is 0 Å². The summed E-state index contributed by atoms with van der Waals surface area (Å²) in [6, 6.07) is 0. The summed E-state index contributed by atoms with van der Waals surface area (Å²) in [5.41, 5.74) is 0. The van der Waals surface area contributed by atoms with Gasteiger partial charge in [0.1, 0.15) is 0 Å². The molecule has 4 nitrogen and oxygen atoms in total. The Morgan fingerprint density at radius 2 is 1.85 bits per heavy atom. The second kappa shape index (κ2) is 2.72. The summed E-state index contributed by atoms with van der Waals surface area (Å²) >= 11 is 0. The highest BCUT2D eigenvalue weighted by Crippen LogP contribution is 2.59. The fourth-order valence-corrected chi connectivity index (χ4v) is 2.57. The first-order valence-corrected chi connectivity index (χ1v) is 4.45. The average molecular weight is 184 g/mol. The molecule has 0 aromatic rings.